The number of aliphatic carboxylic acids is 2. The first-order valence-corrected chi connectivity index (χ1v) is 7.05. The number of carboxylic acid groups (broad SMARTS) is 2. The predicted molar refractivity (Wildman–Crippen MR) is 71.7 cm³/mol. The number of rotatable bonds is 10. The molecule has 1 atom stereocenters. The summed E-state index contributed by atoms with van der Waals surface area (Å²) in [5.41, 5.74) is 0. The minimum atomic E-state index is -1.48. The van der Waals surface area contributed by atoms with Gasteiger partial charge in [0.05, 0.1) is 31.6 Å². The average molecular weight is 345 g/mol. The van der Waals surface area contributed by atoms with Crippen molar-refractivity contribution in [2.24, 2.45) is 5.92 Å². The second-order valence-electron chi connectivity index (χ2n) is 4.71. The van der Waals surface area contributed by atoms with Crippen molar-refractivity contribution in [3.05, 3.63) is 0 Å². The highest BCUT2D eigenvalue weighted by Gasteiger charge is 2.26. The number of hydrogen-bond acceptors (Lipinski definition) is 9. The fraction of sp³-hybridized carbons (Fsp3) is 0.571. The summed E-state index contributed by atoms with van der Waals surface area (Å²) in [6, 6.07) is 0. The van der Waals surface area contributed by atoms with Gasteiger partial charge in [-0.2, -0.15) is 0 Å². The summed E-state index contributed by atoms with van der Waals surface area (Å²) >= 11 is 0. The van der Waals surface area contributed by atoms with Crippen LogP contribution in [0.1, 0.15) is 45.4 Å². The molecular weight excluding hydrogens is 328 g/mol. The van der Waals surface area contributed by atoms with Gasteiger partial charge in [0.25, 0.3) is 0 Å². The number of esters is 4. The van der Waals surface area contributed by atoms with Crippen LogP contribution in [0.5, 0.6) is 0 Å². The molecule has 0 aromatic rings. The van der Waals surface area contributed by atoms with Crippen molar-refractivity contribution in [1.29, 1.82) is 0 Å². The third-order valence-corrected chi connectivity index (χ3v) is 2.76. The SMILES string of the molecule is CCC(CC(=O)OC(=O)CCC(=O)[O-])C(=O)OC(=O)CCC(=O)O. The lowest BCUT2D eigenvalue weighted by Gasteiger charge is -2.12. The number of carboxylic acids is 2. The molecule has 0 saturated heterocycles. The molecule has 0 amide bonds. The van der Waals surface area contributed by atoms with Crippen molar-refractivity contribution in [3.8, 4) is 0 Å². The minimum absolute atomic E-state index is 0.105. The van der Waals surface area contributed by atoms with Gasteiger partial charge in [-0.3, -0.25) is 24.0 Å². The molecule has 0 saturated carbocycles. The Kier molecular flexibility index (Phi) is 9.61. The van der Waals surface area contributed by atoms with Crippen LogP contribution in [0.25, 0.3) is 0 Å². The molecule has 0 heterocycles. The van der Waals surface area contributed by atoms with Crippen LogP contribution >= 0.6 is 0 Å². The van der Waals surface area contributed by atoms with Gasteiger partial charge >= 0.3 is 29.8 Å². The third-order valence-electron chi connectivity index (χ3n) is 2.76. The van der Waals surface area contributed by atoms with Gasteiger partial charge in [0, 0.05) is 5.97 Å². The third kappa shape index (κ3) is 10.0. The number of carbonyl (C=O) groups excluding carboxylic acids is 5. The molecule has 0 aromatic carbocycles. The summed E-state index contributed by atoms with van der Waals surface area (Å²) in [4.78, 5) is 66.1. The molecule has 0 aliphatic carbocycles. The lowest BCUT2D eigenvalue weighted by molar-refractivity contribution is -0.305. The Morgan fingerprint density at radius 1 is 0.875 bits per heavy atom. The summed E-state index contributed by atoms with van der Waals surface area (Å²) in [5, 5.41) is 18.6. The minimum Gasteiger partial charge on any atom is -0.550 e. The summed E-state index contributed by atoms with van der Waals surface area (Å²) in [5.74, 6) is -7.99. The van der Waals surface area contributed by atoms with Crippen LogP contribution in [-0.2, 0) is 38.2 Å². The Bertz CT molecular complexity index is 522. The van der Waals surface area contributed by atoms with Gasteiger partial charge in [-0.15, -0.1) is 0 Å². The van der Waals surface area contributed by atoms with Crippen molar-refractivity contribution in [1.82, 2.24) is 0 Å². The van der Waals surface area contributed by atoms with E-state index >= 15 is 0 Å². The number of carbonyl (C=O) groups is 6. The van der Waals surface area contributed by atoms with Crippen molar-refractivity contribution in [2.75, 3.05) is 0 Å². The van der Waals surface area contributed by atoms with Crippen LogP contribution in [0, 0.1) is 5.92 Å². The summed E-state index contributed by atoms with van der Waals surface area (Å²) in [6.07, 6.45) is -2.60. The molecule has 1 N–H and O–H groups in total. The highest BCUT2D eigenvalue weighted by molar-refractivity contribution is 5.92. The maximum atomic E-state index is 11.7. The normalized spacial score (nSPS) is 11.2. The van der Waals surface area contributed by atoms with E-state index in [-0.39, 0.29) is 6.42 Å². The Balaban J connectivity index is 4.37. The first kappa shape index (κ1) is 21.2. The van der Waals surface area contributed by atoms with E-state index in [0.29, 0.717) is 0 Å². The number of ether oxygens (including phenoxy) is 2. The maximum Gasteiger partial charge on any atom is 0.317 e. The van der Waals surface area contributed by atoms with E-state index in [4.69, 9.17) is 5.11 Å². The van der Waals surface area contributed by atoms with Gasteiger partial charge in [0.1, 0.15) is 0 Å². The van der Waals surface area contributed by atoms with E-state index in [9.17, 15) is 33.9 Å². The van der Waals surface area contributed by atoms with Crippen LogP contribution in [-0.4, -0.2) is 40.9 Å². The zero-order chi connectivity index (χ0) is 18.7. The molecule has 0 spiro atoms. The highest BCUT2D eigenvalue weighted by Crippen LogP contribution is 2.13. The topological polar surface area (TPSA) is 164 Å². The highest BCUT2D eigenvalue weighted by atomic mass is 16.6. The quantitative estimate of drug-likeness (QED) is 0.381. The standard InChI is InChI=1S/C14H18O10/c1-2-8(14(22)24-12(20)6-4-10(17)18)7-13(21)23-11(19)5-3-9(15)16/h8H,2-7H2,1H3,(H,15,16)(H,17,18)/p-1. The van der Waals surface area contributed by atoms with E-state index in [1.807, 2.05) is 0 Å². The molecule has 0 aliphatic rings. The lowest BCUT2D eigenvalue weighted by Crippen LogP contribution is -2.26. The van der Waals surface area contributed by atoms with Crippen LogP contribution in [0.15, 0.2) is 0 Å². The van der Waals surface area contributed by atoms with Gasteiger partial charge in [-0.1, -0.05) is 6.92 Å². The largest absolute Gasteiger partial charge is 0.550 e. The molecular formula is C14H17O10-. The maximum absolute atomic E-state index is 11.7. The zero-order valence-corrected chi connectivity index (χ0v) is 12.9. The first-order valence-electron chi connectivity index (χ1n) is 7.05. The summed E-state index contributed by atoms with van der Waals surface area (Å²) in [6.45, 7) is 1.53. The number of hydrogen-bond donors (Lipinski definition) is 1. The summed E-state index contributed by atoms with van der Waals surface area (Å²) < 4.78 is 8.75. The Morgan fingerprint density at radius 2 is 1.42 bits per heavy atom. The second kappa shape index (κ2) is 10.9. The van der Waals surface area contributed by atoms with Gasteiger partial charge in [0.15, 0.2) is 0 Å². The molecule has 1 unspecified atom stereocenters. The monoisotopic (exact) mass is 345 g/mol. The van der Waals surface area contributed by atoms with E-state index in [1.165, 1.54) is 6.92 Å². The molecule has 0 aliphatic heterocycles. The fourth-order valence-electron chi connectivity index (χ4n) is 1.47. The zero-order valence-electron chi connectivity index (χ0n) is 12.9. The van der Waals surface area contributed by atoms with Crippen molar-refractivity contribution >= 4 is 35.8 Å². The lowest BCUT2D eigenvalue weighted by atomic mass is 10.0. The summed E-state index contributed by atoms with van der Waals surface area (Å²) in [7, 11) is 0. The Hall–Kier alpha value is -2.78. The van der Waals surface area contributed by atoms with E-state index in [2.05, 4.69) is 9.47 Å². The molecule has 0 radical (unpaired) electrons. The Morgan fingerprint density at radius 3 is 1.92 bits per heavy atom. The molecule has 10 nitrogen and oxygen atoms in total. The van der Waals surface area contributed by atoms with Gasteiger partial charge < -0.3 is 24.5 Å². The van der Waals surface area contributed by atoms with Crippen molar-refractivity contribution < 1.29 is 48.5 Å². The predicted octanol–water partition coefficient (Wildman–Crippen LogP) is -1.06. The second-order valence-corrected chi connectivity index (χ2v) is 4.71. The molecule has 0 fully saturated rings. The van der Waals surface area contributed by atoms with Crippen molar-refractivity contribution in [3.63, 3.8) is 0 Å². The van der Waals surface area contributed by atoms with E-state index < -0.39 is 73.8 Å². The Labute approximate surface area is 136 Å². The van der Waals surface area contributed by atoms with Crippen LogP contribution in [0.3, 0.4) is 0 Å². The van der Waals surface area contributed by atoms with Crippen LogP contribution in [0.4, 0.5) is 0 Å². The molecule has 0 aromatic heterocycles. The first-order chi connectivity index (χ1) is 11.1. The van der Waals surface area contributed by atoms with E-state index in [1.54, 1.807) is 0 Å². The molecule has 0 rings (SSSR count). The van der Waals surface area contributed by atoms with Gasteiger partial charge in [0.2, 0.25) is 0 Å². The van der Waals surface area contributed by atoms with E-state index in [0.717, 1.165) is 0 Å². The van der Waals surface area contributed by atoms with Crippen LogP contribution in [0.2, 0.25) is 0 Å². The average Bonchev–Trinajstić information content (AvgIpc) is 2.48. The molecule has 0 bridgehead atoms. The van der Waals surface area contributed by atoms with Gasteiger partial charge in [-0.05, 0) is 12.8 Å². The molecule has 24 heavy (non-hydrogen) atoms. The van der Waals surface area contributed by atoms with Crippen LogP contribution < -0.4 is 5.11 Å². The van der Waals surface area contributed by atoms with Gasteiger partial charge in [-0.25, -0.2) is 0 Å². The smallest absolute Gasteiger partial charge is 0.317 e. The molecule has 10 heteroatoms. The molecule has 134 valence electrons. The fourth-order valence-corrected chi connectivity index (χ4v) is 1.47. The van der Waals surface area contributed by atoms with Crippen molar-refractivity contribution in [2.45, 2.75) is 45.4 Å².